The molecule has 0 unspecified atom stereocenters. The van der Waals surface area contributed by atoms with Crippen molar-refractivity contribution in [2.75, 3.05) is 13.2 Å². The van der Waals surface area contributed by atoms with Gasteiger partial charge >= 0.3 is 0 Å². The predicted molar refractivity (Wildman–Crippen MR) is 79.0 cm³/mol. The van der Waals surface area contributed by atoms with E-state index < -0.39 is 0 Å². The van der Waals surface area contributed by atoms with Crippen LogP contribution in [-0.2, 0) is 17.6 Å². The number of carbonyl (C=O) groups is 1. The maximum absolute atomic E-state index is 11.9. The number of benzene rings is 1. The minimum atomic E-state index is 0.0813. The second-order valence-corrected chi connectivity index (χ2v) is 5.50. The second kappa shape index (κ2) is 7.22. The smallest absolute Gasteiger partial charge is 0.198 e. The van der Waals surface area contributed by atoms with Crippen molar-refractivity contribution >= 4 is 17.1 Å². The van der Waals surface area contributed by atoms with E-state index in [4.69, 9.17) is 4.74 Å². The molecule has 3 heteroatoms. The van der Waals surface area contributed by atoms with Gasteiger partial charge in [-0.1, -0.05) is 37.3 Å². The van der Waals surface area contributed by atoms with Crippen molar-refractivity contribution in [1.82, 2.24) is 0 Å². The monoisotopic (exact) mass is 274 g/mol. The number of hydrogen-bond donors (Lipinski definition) is 0. The molecule has 0 aliphatic heterocycles. The molecule has 1 heterocycles. The molecule has 0 saturated heterocycles. The van der Waals surface area contributed by atoms with Crippen LogP contribution in [0.15, 0.2) is 42.5 Å². The van der Waals surface area contributed by atoms with Crippen LogP contribution in [0.3, 0.4) is 0 Å². The molecule has 1 aromatic carbocycles. The molecule has 0 amide bonds. The molecule has 0 radical (unpaired) electrons. The average molecular weight is 274 g/mol. The van der Waals surface area contributed by atoms with E-state index in [-0.39, 0.29) is 12.4 Å². The number of Topliss-reactive ketones (excluding diaryl/α,β-unsaturated/α-hetero) is 1. The van der Waals surface area contributed by atoms with Crippen molar-refractivity contribution in [1.29, 1.82) is 0 Å². The Labute approximate surface area is 118 Å². The summed E-state index contributed by atoms with van der Waals surface area (Å²) < 4.78 is 5.45. The Morgan fingerprint density at radius 1 is 1.16 bits per heavy atom. The minimum Gasteiger partial charge on any atom is -0.373 e. The van der Waals surface area contributed by atoms with Gasteiger partial charge in [-0.3, -0.25) is 4.79 Å². The minimum absolute atomic E-state index is 0.0813. The summed E-state index contributed by atoms with van der Waals surface area (Å²) in [6.45, 7) is 2.86. The second-order valence-electron chi connectivity index (χ2n) is 4.33. The van der Waals surface area contributed by atoms with Gasteiger partial charge in [-0.25, -0.2) is 0 Å². The van der Waals surface area contributed by atoms with E-state index in [9.17, 15) is 4.79 Å². The number of aryl methyl sites for hydroxylation is 1. The third-order valence-corrected chi connectivity index (χ3v) is 4.17. The van der Waals surface area contributed by atoms with Crippen LogP contribution in [0, 0.1) is 0 Å². The summed E-state index contributed by atoms with van der Waals surface area (Å²) in [4.78, 5) is 13.9. The Bertz CT molecular complexity index is 517. The summed E-state index contributed by atoms with van der Waals surface area (Å²) in [5.41, 5.74) is 1.24. The van der Waals surface area contributed by atoms with Gasteiger partial charge in [0.1, 0.15) is 6.61 Å². The van der Waals surface area contributed by atoms with E-state index in [1.165, 1.54) is 10.4 Å². The van der Waals surface area contributed by atoms with Gasteiger partial charge in [-0.15, -0.1) is 11.3 Å². The van der Waals surface area contributed by atoms with Crippen molar-refractivity contribution in [2.24, 2.45) is 0 Å². The molecular formula is C16H18O2S. The van der Waals surface area contributed by atoms with Crippen molar-refractivity contribution in [3.05, 3.63) is 57.8 Å². The Hall–Kier alpha value is -1.45. The topological polar surface area (TPSA) is 26.3 Å². The lowest BCUT2D eigenvalue weighted by Gasteiger charge is -2.03. The fourth-order valence-electron chi connectivity index (χ4n) is 1.79. The van der Waals surface area contributed by atoms with E-state index in [1.54, 1.807) is 11.3 Å². The summed E-state index contributed by atoms with van der Waals surface area (Å²) in [6, 6.07) is 14.1. The molecule has 1 aromatic heterocycles. The first kappa shape index (κ1) is 14.0. The van der Waals surface area contributed by atoms with Crippen LogP contribution < -0.4 is 0 Å². The standard InChI is InChI=1S/C16H18O2S/c1-2-14-8-9-16(19-14)15(17)12-18-11-10-13-6-4-3-5-7-13/h3-9H,2,10-12H2,1H3. The quantitative estimate of drug-likeness (QED) is 0.568. The fourth-order valence-corrected chi connectivity index (χ4v) is 2.66. The lowest BCUT2D eigenvalue weighted by atomic mass is 10.2. The fraction of sp³-hybridized carbons (Fsp3) is 0.312. The van der Waals surface area contributed by atoms with Crippen molar-refractivity contribution in [3.63, 3.8) is 0 Å². The Morgan fingerprint density at radius 3 is 2.63 bits per heavy atom. The Morgan fingerprint density at radius 2 is 1.95 bits per heavy atom. The van der Waals surface area contributed by atoms with E-state index in [1.807, 2.05) is 30.3 Å². The van der Waals surface area contributed by atoms with Crippen LogP contribution in [0.2, 0.25) is 0 Å². The highest BCUT2D eigenvalue weighted by Crippen LogP contribution is 2.17. The highest BCUT2D eigenvalue weighted by atomic mass is 32.1. The Balaban J connectivity index is 1.72. The van der Waals surface area contributed by atoms with E-state index >= 15 is 0 Å². The van der Waals surface area contributed by atoms with Gasteiger partial charge in [-0.05, 0) is 30.5 Å². The molecule has 0 bridgehead atoms. The number of rotatable bonds is 7. The maximum atomic E-state index is 11.9. The summed E-state index contributed by atoms with van der Waals surface area (Å²) in [7, 11) is 0. The molecule has 100 valence electrons. The number of ketones is 1. The number of thiophene rings is 1. The molecule has 2 aromatic rings. The van der Waals surface area contributed by atoms with Crippen LogP contribution in [0.5, 0.6) is 0 Å². The van der Waals surface area contributed by atoms with Crippen LogP contribution in [0.25, 0.3) is 0 Å². The van der Waals surface area contributed by atoms with Crippen molar-refractivity contribution in [2.45, 2.75) is 19.8 Å². The van der Waals surface area contributed by atoms with Crippen molar-refractivity contribution in [3.8, 4) is 0 Å². The van der Waals surface area contributed by atoms with Gasteiger partial charge in [0.2, 0.25) is 0 Å². The molecule has 2 rings (SSSR count). The van der Waals surface area contributed by atoms with Crippen molar-refractivity contribution < 1.29 is 9.53 Å². The molecule has 2 nitrogen and oxygen atoms in total. The average Bonchev–Trinajstić information content (AvgIpc) is 2.93. The summed E-state index contributed by atoms with van der Waals surface area (Å²) in [5.74, 6) is 0.0813. The summed E-state index contributed by atoms with van der Waals surface area (Å²) >= 11 is 1.57. The molecule has 0 saturated carbocycles. The van der Waals surface area contributed by atoms with E-state index in [0.29, 0.717) is 6.61 Å². The molecule has 0 N–H and O–H groups in total. The third-order valence-electron chi connectivity index (χ3n) is 2.90. The van der Waals surface area contributed by atoms with Gasteiger partial charge < -0.3 is 4.74 Å². The molecule has 0 aliphatic rings. The van der Waals surface area contributed by atoms with Crippen LogP contribution in [-0.4, -0.2) is 19.0 Å². The number of carbonyl (C=O) groups excluding carboxylic acids is 1. The lowest BCUT2D eigenvalue weighted by Crippen LogP contribution is -2.09. The first-order valence-corrected chi connectivity index (χ1v) is 7.35. The SMILES string of the molecule is CCc1ccc(C(=O)COCCc2ccccc2)s1. The maximum Gasteiger partial charge on any atom is 0.198 e. The number of hydrogen-bond acceptors (Lipinski definition) is 3. The zero-order valence-corrected chi connectivity index (χ0v) is 11.9. The highest BCUT2D eigenvalue weighted by molar-refractivity contribution is 7.14. The van der Waals surface area contributed by atoms with E-state index in [0.717, 1.165) is 17.7 Å². The molecular weight excluding hydrogens is 256 g/mol. The molecule has 0 fully saturated rings. The van der Waals surface area contributed by atoms with Crippen LogP contribution in [0.4, 0.5) is 0 Å². The van der Waals surface area contributed by atoms with Gasteiger partial charge in [0, 0.05) is 4.88 Å². The third kappa shape index (κ3) is 4.30. The molecule has 0 spiro atoms. The lowest BCUT2D eigenvalue weighted by molar-refractivity contribution is 0.0769. The molecule has 19 heavy (non-hydrogen) atoms. The highest BCUT2D eigenvalue weighted by Gasteiger charge is 2.08. The van der Waals surface area contributed by atoms with Crippen LogP contribution in [0.1, 0.15) is 27.0 Å². The van der Waals surface area contributed by atoms with Gasteiger partial charge in [0.05, 0.1) is 11.5 Å². The predicted octanol–water partition coefficient (Wildman–Crippen LogP) is 3.75. The summed E-state index contributed by atoms with van der Waals surface area (Å²) in [6.07, 6.45) is 1.82. The van der Waals surface area contributed by atoms with Crippen LogP contribution >= 0.6 is 11.3 Å². The van der Waals surface area contributed by atoms with Gasteiger partial charge in [-0.2, -0.15) is 0 Å². The largest absolute Gasteiger partial charge is 0.373 e. The van der Waals surface area contributed by atoms with Gasteiger partial charge in [0.15, 0.2) is 5.78 Å². The van der Waals surface area contributed by atoms with Gasteiger partial charge in [0.25, 0.3) is 0 Å². The zero-order chi connectivity index (χ0) is 13.5. The zero-order valence-electron chi connectivity index (χ0n) is 11.1. The normalized spacial score (nSPS) is 10.6. The summed E-state index contributed by atoms with van der Waals surface area (Å²) in [5, 5.41) is 0. The van der Waals surface area contributed by atoms with E-state index in [2.05, 4.69) is 19.1 Å². The first-order valence-electron chi connectivity index (χ1n) is 6.53. The molecule has 0 atom stereocenters. The number of ether oxygens (including phenoxy) is 1. The Kier molecular flexibility index (Phi) is 5.31. The molecule has 0 aliphatic carbocycles. The first-order chi connectivity index (χ1) is 9.29.